The van der Waals surface area contributed by atoms with Crippen LogP contribution in [0.4, 0.5) is 0 Å². The van der Waals surface area contributed by atoms with E-state index in [4.69, 9.17) is 28.5 Å². The lowest BCUT2D eigenvalue weighted by Crippen LogP contribution is -2.07. The average Bonchev–Trinajstić information content (AvgIpc) is 2.48. The van der Waals surface area contributed by atoms with Gasteiger partial charge >= 0.3 is 0 Å². The molecule has 0 N–H and O–H groups in total. The zero-order valence-electron chi connectivity index (χ0n) is 11.3. The molecule has 22 heavy (non-hydrogen) atoms. The molecule has 0 aromatic heterocycles. The molecule has 0 amide bonds. The molecule has 0 saturated carbocycles. The summed E-state index contributed by atoms with van der Waals surface area (Å²) in [5.41, 5.74) is 1.05. The molecule has 0 aliphatic heterocycles. The van der Waals surface area contributed by atoms with Crippen LogP contribution in [-0.2, 0) is 15.6 Å². The van der Waals surface area contributed by atoms with E-state index in [9.17, 15) is 8.42 Å². The molecular formula is C16H11Cl2NO2S. The number of halogens is 2. The van der Waals surface area contributed by atoms with Crippen LogP contribution < -0.4 is 0 Å². The van der Waals surface area contributed by atoms with Gasteiger partial charge in [-0.05, 0) is 29.3 Å². The second kappa shape index (κ2) is 6.97. The van der Waals surface area contributed by atoms with Crippen LogP contribution in [0.5, 0.6) is 0 Å². The molecule has 3 nitrogen and oxygen atoms in total. The fourth-order valence-corrected chi connectivity index (χ4v) is 3.64. The molecule has 0 bridgehead atoms. The van der Waals surface area contributed by atoms with Gasteiger partial charge in [0.25, 0.3) is 0 Å². The monoisotopic (exact) mass is 351 g/mol. The molecule has 0 spiro atoms. The molecule has 0 aliphatic rings. The Morgan fingerprint density at radius 1 is 1.14 bits per heavy atom. The second-order valence-electron chi connectivity index (χ2n) is 4.53. The molecule has 0 unspecified atom stereocenters. The van der Waals surface area contributed by atoms with Crippen LogP contribution in [0.1, 0.15) is 11.1 Å². The van der Waals surface area contributed by atoms with Gasteiger partial charge in [-0.15, -0.1) is 0 Å². The minimum absolute atomic E-state index is 0.257. The second-order valence-corrected chi connectivity index (χ2v) is 7.33. The first-order chi connectivity index (χ1) is 10.4. The van der Waals surface area contributed by atoms with E-state index < -0.39 is 9.84 Å². The number of hydrogen-bond donors (Lipinski definition) is 0. The van der Waals surface area contributed by atoms with Gasteiger partial charge in [0.15, 0.2) is 9.84 Å². The number of nitrogens with zero attached hydrogens (tertiary/aromatic N) is 1. The van der Waals surface area contributed by atoms with E-state index in [0.717, 1.165) is 0 Å². The third kappa shape index (κ3) is 4.11. The summed E-state index contributed by atoms with van der Waals surface area (Å²) in [6, 6.07) is 15.1. The van der Waals surface area contributed by atoms with Gasteiger partial charge in [0.05, 0.1) is 5.75 Å². The lowest BCUT2D eigenvalue weighted by atomic mass is 10.2. The van der Waals surface area contributed by atoms with Crippen molar-refractivity contribution in [3.63, 3.8) is 0 Å². The molecule has 0 aliphatic carbocycles. The highest BCUT2D eigenvalue weighted by atomic mass is 35.5. The van der Waals surface area contributed by atoms with E-state index in [1.807, 2.05) is 6.07 Å². The van der Waals surface area contributed by atoms with Gasteiger partial charge in [0, 0.05) is 10.0 Å². The Balaban J connectivity index is 2.36. The summed E-state index contributed by atoms with van der Waals surface area (Å²) in [5.74, 6) is -0.352. The van der Waals surface area contributed by atoms with Gasteiger partial charge in [0.2, 0.25) is 0 Å². The van der Waals surface area contributed by atoms with Crippen LogP contribution >= 0.6 is 23.2 Å². The van der Waals surface area contributed by atoms with E-state index in [0.29, 0.717) is 16.1 Å². The standard InChI is InChI=1S/C16H11Cl2NO2S/c17-14-7-6-13(16(18)9-14)11-22(20,21)15(10-19)8-12-4-2-1-3-5-12/h1-9H,11H2. The Morgan fingerprint density at radius 3 is 2.41 bits per heavy atom. The van der Waals surface area contributed by atoms with Gasteiger partial charge in [0.1, 0.15) is 11.0 Å². The smallest absolute Gasteiger partial charge is 0.192 e. The largest absolute Gasteiger partial charge is 0.223 e. The highest BCUT2D eigenvalue weighted by Gasteiger charge is 2.20. The van der Waals surface area contributed by atoms with Gasteiger partial charge in [-0.1, -0.05) is 59.6 Å². The van der Waals surface area contributed by atoms with Gasteiger partial charge < -0.3 is 0 Å². The van der Waals surface area contributed by atoms with Crippen molar-refractivity contribution in [2.75, 3.05) is 0 Å². The first-order valence-electron chi connectivity index (χ1n) is 6.26. The first kappa shape index (κ1) is 16.6. The van der Waals surface area contributed by atoms with Crippen molar-refractivity contribution in [1.82, 2.24) is 0 Å². The molecule has 112 valence electrons. The Bertz CT molecular complexity index is 853. The number of hydrogen-bond acceptors (Lipinski definition) is 3. The molecule has 0 saturated heterocycles. The van der Waals surface area contributed by atoms with Gasteiger partial charge in [-0.3, -0.25) is 0 Å². The Labute approximate surface area is 139 Å². The predicted octanol–water partition coefficient (Wildman–Crippen LogP) is 4.47. The lowest BCUT2D eigenvalue weighted by Gasteiger charge is -2.06. The van der Waals surface area contributed by atoms with Crippen LogP contribution in [0.3, 0.4) is 0 Å². The number of nitriles is 1. The number of sulfone groups is 1. The van der Waals surface area contributed by atoms with Crippen molar-refractivity contribution >= 4 is 39.1 Å². The summed E-state index contributed by atoms with van der Waals surface area (Å²) in [7, 11) is -3.79. The maximum Gasteiger partial charge on any atom is 0.192 e. The van der Waals surface area contributed by atoms with Crippen molar-refractivity contribution in [3.8, 4) is 6.07 Å². The Morgan fingerprint density at radius 2 is 1.82 bits per heavy atom. The fraction of sp³-hybridized carbons (Fsp3) is 0.0625. The normalized spacial score (nSPS) is 12.0. The maximum absolute atomic E-state index is 12.4. The lowest BCUT2D eigenvalue weighted by molar-refractivity contribution is 0.602. The van der Waals surface area contributed by atoms with E-state index in [1.54, 1.807) is 42.5 Å². The quantitative estimate of drug-likeness (QED) is 0.763. The van der Waals surface area contributed by atoms with E-state index in [2.05, 4.69) is 0 Å². The van der Waals surface area contributed by atoms with E-state index in [-0.39, 0.29) is 15.7 Å². The Kier molecular flexibility index (Phi) is 5.25. The van der Waals surface area contributed by atoms with E-state index in [1.165, 1.54) is 12.1 Å². The van der Waals surface area contributed by atoms with Crippen LogP contribution in [0, 0.1) is 11.3 Å². The summed E-state index contributed by atoms with van der Waals surface area (Å²) in [5, 5.41) is 9.84. The topological polar surface area (TPSA) is 57.9 Å². The van der Waals surface area contributed by atoms with Crippen molar-refractivity contribution in [3.05, 3.63) is 74.6 Å². The Hall–Kier alpha value is -1.80. The molecule has 2 aromatic carbocycles. The average molecular weight is 352 g/mol. The SMILES string of the molecule is N#CC(=Cc1ccccc1)S(=O)(=O)Cc1ccc(Cl)cc1Cl. The summed E-state index contributed by atoms with van der Waals surface area (Å²) in [6.45, 7) is 0. The summed E-state index contributed by atoms with van der Waals surface area (Å²) < 4.78 is 24.8. The highest BCUT2D eigenvalue weighted by molar-refractivity contribution is 7.95. The summed E-state index contributed by atoms with van der Waals surface area (Å²) >= 11 is 11.8. The molecule has 0 atom stereocenters. The molecule has 0 heterocycles. The number of benzene rings is 2. The van der Waals surface area contributed by atoms with Crippen LogP contribution in [0.25, 0.3) is 6.08 Å². The van der Waals surface area contributed by atoms with Gasteiger partial charge in [-0.25, -0.2) is 8.42 Å². The zero-order chi connectivity index (χ0) is 16.2. The van der Waals surface area contributed by atoms with E-state index >= 15 is 0 Å². The molecule has 2 rings (SSSR count). The van der Waals surface area contributed by atoms with Crippen molar-refractivity contribution in [2.24, 2.45) is 0 Å². The molecular weight excluding hydrogens is 341 g/mol. The minimum Gasteiger partial charge on any atom is -0.223 e. The fourth-order valence-electron chi connectivity index (χ4n) is 1.81. The van der Waals surface area contributed by atoms with Gasteiger partial charge in [-0.2, -0.15) is 5.26 Å². The highest BCUT2D eigenvalue weighted by Crippen LogP contribution is 2.25. The molecule has 0 radical (unpaired) electrons. The zero-order valence-corrected chi connectivity index (χ0v) is 13.7. The third-order valence-corrected chi connectivity index (χ3v) is 5.06. The predicted molar refractivity (Wildman–Crippen MR) is 89.1 cm³/mol. The minimum atomic E-state index is -3.79. The molecule has 6 heteroatoms. The van der Waals surface area contributed by atoms with Crippen LogP contribution in [0.2, 0.25) is 10.0 Å². The van der Waals surface area contributed by atoms with Crippen LogP contribution in [-0.4, -0.2) is 8.42 Å². The molecule has 2 aromatic rings. The van der Waals surface area contributed by atoms with Crippen molar-refractivity contribution < 1.29 is 8.42 Å². The van der Waals surface area contributed by atoms with Crippen molar-refractivity contribution in [2.45, 2.75) is 5.75 Å². The first-order valence-corrected chi connectivity index (χ1v) is 8.67. The maximum atomic E-state index is 12.4. The summed E-state index contributed by atoms with van der Waals surface area (Å²) in [6.07, 6.45) is 1.35. The van der Waals surface area contributed by atoms with Crippen molar-refractivity contribution in [1.29, 1.82) is 5.26 Å². The summed E-state index contributed by atoms with van der Waals surface area (Å²) in [4.78, 5) is -0.301. The number of allylic oxidation sites excluding steroid dienone is 1. The number of rotatable bonds is 4. The van der Waals surface area contributed by atoms with Crippen LogP contribution in [0.15, 0.2) is 53.4 Å². The molecule has 0 fully saturated rings. The third-order valence-electron chi connectivity index (χ3n) is 2.90.